The highest BCUT2D eigenvalue weighted by Gasteiger charge is 2.23. The lowest BCUT2D eigenvalue weighted by molar-refractivity contribution is -0.384. The quantitative estimate of drug-likeness (QED) is 0.638. The summed E-state index contributed by atoms with van der Waals surface area (Å²) in [6, 6.07) is 6.87. The molecule has 1 saturated heterocycles. The highest BCUT2D eigenvalue weighted by atomic mass is 16.6. The molecule has 1 fully saturated rings. The van der Waals surface area contributed by atoms with E-state index in [9.17, 15) is 14.9 Å². The van der Waals surface area contributed by atoms with Crippen LogP contribution in [0.2, 0.25) is 0 Å². The Kier molecular flexibility index (Phi) is 6.42. The average molecular weight is 364 g/mol. The molecule has 0 spiro atoms. The molecule has 144 valence electrons. The number of hydrogen-bond donors (Lipinski definition) is 1. The van der Waals surface area contributed by atoms with E-state index in [4.69, 9.17) is 4.74 Å². The van der Waals surface area contributed by atoms with Crippen LogP contribution in [-0.2, 0) is 4.74 Å². The first-order valence-corrected chi connectivity index (χ1v) is 8.86. The lowest BCUT2D eigenvalue weighted by atomic mass is 10.2. The fourth-order valence-corrected chi connectivity index (χ4v) is 2.88. The minimum absolute atomic E-state index is 0.106. The largest absolute Gasteiger partial charge is 0.444 e. The Hall–Kier alpha value is -2.35. The van der Waals surface area contributed by atoms with Gasteiger partial charge in [0.2, 0.25) is 0 Å². The summed E-state index contributed by atoms with van der Waals surface area (Å²) in [6.07, 6.45) is -0.395. The van der Waals surface area contributed by atoms with Crippen LogP contribution < -0.4 is 10.2 Å². The molecule has 0 saturated carbocycles. The van der Waals surface area contributed by atoms with Crippen molar-refractivity contribution in [2.45, 2.75) is 39.3 Å². The van der Waals surface area contributed by atoms with Crippen molar-refractivity contribution >= 4 is 17.5 Å². The number of ether oxygens (including phenoxy) is 1. The molecule has 1 aromatic carbocycles. The summed E-state index contributed by atoms with van der Waals surface area (Å²) < 4.78 is 5.25. The number of carbonyl (C=O) groups is 1. The van der Waals surface area contributed by atoms with Crippen LogP contribution in [-0.4, -0.2) is 60.3 Å². The van der Waals surface area contributed by atoms with Gasteiger partial charge in [-0.05, 0) is 39.8 Å². The van der Waals surface area contributed by atoms with Crippen molar-refractivity contribution in [3.8, 4) is 0 Å². The fraction of sp³-hybridized carbons (Fsp3) is 0.611. The van der Waals surface area contributed by atoms with Gasteiger partial charge < -0.3 is 15.0 Å². The van der Waals surface area contributed by atoms with Crippen LogP contribution in [0.15, 0.2) is 24.3 Å². The van der Waals surface area contributed by atoms with E-state index in [1.54, 1.807) is 12.1 Å². The van der Waals surface area contributed by atoms with Crippen LogP contribution in [0.25, 0.3) is 0 Å². The third kappa shape index (κ3) is 5.87. The first-order valence-electron chi connectivity index (χ1n) is 8.86. The van der Waals surface area contributed by atoms with Crippen LogP contribution in [0.4, 0.5) is 16.2 Å². The number of carbonyl (C=O) groups excluding carboxylic acids is 1. The predicted molar refractivity (Wildman–Crippen MR) is 101 cm³/mol. The first-order chi connectivity index (χ1) is 12.2. The molecule has 0 aliphatic carbocycles. The zero-order chi connectivity index (χ0) is 19.3. The molecule has 8 nitrogen and oxygen atoms in total. The molecule has 1 aliphatic heterocycles. The number of hydrogen-bond acceptors (Lipinski definition) is 6. The second kappa shape index (κ2) is 8.35. The molecule has 0 unspecified atom stereocenters. The van der Waals surface area contributed by atoms with E-state index in [1.165, 1.54) is 12.1 Å². The van der Waals surface area contributed by atoms with E-state index in [0.29, 0.717) is 6.54 Å². The van der Waals surface area contributed by atoms with Crippen molar-refractivity contribution in [3.63, 3.8) is 0 Å². The van der Waals surface area contributed by atoms with Crippen LogP contribution in [0.5, 0.6) is 0 Å². The second-order valence-electron chi connectivity index (χ2n) is 7.53. The van der Waals surface area contributed by atoms with Crippen molar-refractivity contribution in [3.05, 3.63) is 34.4 Å². The number of alkyl carbamates (subject to hydrolysis) is 1. The van der Waals surface area contributed by atoms with Gasteiger partial charge in [-0.2, -0.15) is 0 Å². The molecule has 1 aromatic rings. The van der Waals surface area contributed by atoms with E-state index in [0.717, 1.165) is 31.9 Å². The van der Waals surface area contributed by atoms with E-state index < -0.39 is 11.7 Å². The Morgan fingerprint density at radius 3 is 2.31 bits per heavy atom. The maximum atomic E-state index is 11.8. The van der Waals surface area contributed by atoms with E-state index in [1.807, 2.05) is 20.8 Å². The normalized spacial score (nSPS) is 16.8. The van der Waals surface area contributed by atoms with Crippen LogP contribution in [0.3, 0.4) is 0 Å². The third-order valence-corrected chi connectivity index (χ3v) is 4.30. The van der Waals surface area contributed by atoms with Crippen molar-refractivity contribution in [1.29, 1.82) is 0 Å². The number of nitrogens with zero attached hydrogens (tertiary/aromatic N) is 3. The molecular weight excluding hydrogens is 336 g/mol. The fourth-order valence-electron chi connectivity index (χ4n) is 2.88. The molecule has 1 heterocycles. The summed E-state index contributed by atoms with van der Waals surface area (Å²) in [4.78, 5) is 26.6. The number of anilines is 1. The third-order valence-electron chi connectivity index (χ3n) is 4.30. The summed E-state index contributed by atoms with van der Waals surface area (Å²) >= 11 is 0. The van der Waals surface area contributed by atoms with E-state index in [2.05, 4.69) is 22.0 Å². The monoisotopic (exact) mass is 364 g/mol. The molecule has 0 bridgehead atoms. The molecule has 0 aromatic heterocycles. The lowest BCUT2D eigenvalue weighted by Crippen LogP contribution is -2.52. The Labute approximate surface area is 154 Å². The van der Waals surface area contributed by atoms with Gasteiger partial charge in [-0.3, -0.25) is 15.0 Å². The van der Waals surface area contributed by atoms with Gasteiger partial charge in [-0.15, -0.1) is 0 Å². The number of rotatable bonds is 5. The van der Waals surface area contributed by atoms with Gasteiger partial charge in [-0.25, -0.2) is 4.79 Å². The SMILES string of the molecule is C[C@H](CNC(=O)OC(C)(C)C)N1CCN(c2ccc([N+](=O)[O-])cc2)CC1. The van der Waals surface area contributed by atoms with Gasteiger partial charge in [0.1, 0.15) is 5.60 Å². The Balaban J connectivity index is 1.78. The number of nitrogens with one attached hydrogen (secondary N) is 1. The molecule has 2 rings (SSSR count). The van der Waals surface area contributed by atoms with Gasteiger partial charge in [0.25, 0.3) is 5.69 Å². The minimum Gasteiger partial charge on any atom is -0.444 e. The number of nitro groups is 1. The van der Waals surface area contributed by atoms with Crippen molar-refractivity contribution in [2.75, 3.05) is 37.6 Å². The second-order valence-corrected chi connectivity index (χ2v) is 7.53. The van der Waals surface area contributed by atoms with Gasteiger partial charge in [-0.1, -0.05) is 0 Å². The predicted octanol–water partition coefficient (Wildman–Crippen LogP) is 2.63. The molecule has 1 N–H and O–H groups in total. The number of non-ortho nitro benzene ring substituents is 1. The summed E-state index contributed by atoms with van der Waals surface area (Å²) in [5.74, 6) is 0. The molecule has 26 heavy (non-hydrogen) atoms. The first kappa shape index (κ1) is 20.0. The van der Waals surface area contributed by atoms with Crippen LogP contribution >= 0.6 is 0 Å². The zero-order valence-corrected chi connectivity index (χ0v) is 15.9. The number of benzene rings is 1. The molecule has 0 radical (unpaired) electrons. The number of amides is 1. The summed E-state index contributed by atoms with van der Waals surface area (Å²) in [7, 11) is 0. The van der Waals surface area contributed by atoms with Gasteiger partial charge in [0.05, 0.1) is 4.92 Å². The minimum atomic E-state index is -0.496. The standard InChI is InChI=1S/C18H28N4O4/c1-14(13-19-17(23)26-18(2,3)4)20-9-11-21(12-10-20)15-5-7-16(8-6-15)22(24)25/h5-8,14H,9-13H2,1-4H3,(H,19,23)/t14-/m1/s1. The van der Waals surface area contributed by atoms with E-state index >= 15 is 0 Å². The van der Waals surface area contributed by atoms with Gasteiger partial charge in [0.15, 0.2) is 0 Å². The van der Waals surface area contributed by atoms with Crippen molar-refractivity contribution in [1.82, 2.24) is 10.2 Å². The van der Waals surface area contributed by atoms with Crippen LogP contribution in [0, 0.1) is 10.1 Å². The number of nitro benzene ring substituents is 1. The molecule has 1 atom stereocenters. The molecular formula is C18H28N4O4. The van der Waals surface area contributed by atoms with Gasteiger partial charge in [0, 0.05) is 56.6 Å². The smallest absolute Gasteiger partial charge is 0.407 e. The van der Waals surface area contributed by atoms with Gasteiger partial charge >= 0.3 is 6.09 Å². The summed E-state index contributed by atoms with van der Waals surface area (Å²) in [6.45, 7) is 11.6. The van der Waals surface area contributed by atoms with E-state index in [-0.39, 0.29) is 16.7 Å². The van der Waals surface area contributed by atoms with Crippen molar-refractivity contribution < 1.29 is 14.5 Å². The average Bonchev–Trinajstić information content (AvgIpc) is 2.58. The van der Waals surface area contributed by atoms with Crippen molar-refractivity contribution in [2.24, 2.45) is 0 Å². The Morgan fingerprint density at radius 2 is 1.81 bits per heavy atom. The van der Waals surface area contributed by atoms with Crippen LogP contribution in [0.1, 0.15) is 27.7 Å². The molecule has 1 aliphatic rings. The molecule has 8 heteroatoms. The maximum absolute atomic E-state index is 11.8. The Morgan fingerprint density at radius 1 is 1.23 bits per heavy atom. The maximum Gasteiger partial charge on any atom is 0.407 e. The highest BCUT2D eigenvalue weighted by Crippen LogP contribution is 2.21. The summed E-state index contributed by atoms with van der Waals surface area (Å²) in [5, 5.41) is 13.6. The Bertz CT molecular complexity index is 619. The topological polar surface area (TPSA) is 88.0 Å². The highest BCUT2D eigenvalue weighted by molar-refractivity contribution is 5.67. The molecule has 1 amide bonds. The zero-order valence-electron chi connectivity index (χ0n) is 15.9. The summed E-state index contributed by atoms with van der Waals surface area (Å²) in [5.41, 5.74) is 0.605. The number of piperazine rings is 1. The lowest BCUT2D eigenvalue weighted by Gasteiger charge is -2.39.